The Bertz CT molecular complexity index is 452. The zero-order valence-corrected chi connectivity index (χ0v) is 10.3. The van der Waals surface area contributed by atoms with Gasteiger partial charge in [0.2, 0.25) is 0 Å². The highest BCUT2D eigenvalue weighted by atomic mass is 127. The molecule has 0 saturated carbocycles. The van der Waals surface area contributed by atoms with E-state index < -0.39 is 0 Å². The van der Waals surface area contributed by atoms with Crippen LogP contribution in [0.1, 0.15) is 4.88 Å². The van der Waals surface area contributed by atoms with Gasteiger partial charge in [-0.25, -0.2) is 0 Å². The summed E-state index contributed by atoms with van der Waals surface area (Å²) in [4.78, 5) is 0.848. The molecule has 0 aliphatic heterocycles. The molecule has 4 heteroatoms. The van der Waals surface area contributed by atoms with Gasteiger partial charge in [-0.05, 0) is 34.7 Å². The van der Waals surface area contributed by atoms with Gasteiger partial charge in [-0.2, -0.15) is 0 Å². The molecule has 2 rings (SSSR count). The largest absolute Gasteiger partial charge is 0.506 e. The number of hydrogen-bond acceptors (Lipinski definition) is 2. The van der Waals surface area contributed by atoms with E-state index in [2.05, 4.69) is 22.6 Å². The molecule has 0 spiro atoms. The first-order valence-electron chi connectivity index (χ1n) is 3.69. The quantitative estimate of drug-likeness (QED) is 0.622. The standard InChI is InChI=1S/C9H6ClIOS/c10-4-7-8(12)5-2-1-3-6(11)9(5)13-7/h1-3,12H,4H2. The van der Waals surface area contributed by atoms with Crippen LogP contribution in [-0.4, -0.2) is 5.11 Å². The second-order valence-corrected chi connectivity index (χ2v) is 5.16. The van der Waals surface area contributed by atoms with Crippen LogP contribution in [0.4, 0.5) is 0 Å². The van der Waals surface area contributed by atoms with Gasteiger partial charge in [0.25, 0.3) is 0 Å². The summed E-state index contributed by atoms with van der Waals surface area (Å²) < 4.78 is 2.28. The topological polar surface area (TPSA) is 20.2 Å². The van der Waals surface area contributed by atoms with Crippen LogP contribution < -0.4 is 0 Å². The normalized spacial score (nSPS) is 10.9. The highest BCUT2D eigenvalue weighted by molar-refractivity contribution is 14.1. The van der Waals surface area contributed by atoms with Crippen LogP contribution in [0.2, 0.25) is 0 Å². The molecular weight excluding hydrogens is 319 g/mol. The summed E-state index contributed by atoms with van der Waals surface area (Å²) >= 11 is 9.53. The number of fused-ring (bicyclic) bond motifs is 1. The molecule has 13 heavy (non-hydrogen) atoms. The first-order valence-corrected chi connectivity index (χ1v) is 6.12. The third-order valence-electron chi connectivity index (χ3n) is 1.83. The minimum absolute atomic E-state index is 0.341. The minimum atomic E-state index is 0.341. The molecule has 1 N–H and O–H groups in total. The average molecular weight is 325 g/mol. The Kier molecular flexibility index (Phi) is 2.67. The second-order valence-electron chi connectivity index (χ2n) is 2.62. The Morgan fingerprint density at radius 1 is 1.46 bits per heavy atom. The number of rotatable bonds is 1. The molecule has 1 nitrogen and oxygen atoms in total. The molecule has 0 saturated heterocycles. The van der Waals surface area contributed by atoms with E-state index in [-0.39, 0.29) is 0 Å². The van der Waals surface area contributed by atoms with Gasteiger partial charge in [0.15, 0.2) is 0 Å². The van der Waals surface area contributed by atoms with E-state index in [9.17, 15) is 5.11 Å². The van der Waals surface area contributed by atoms with E-state index in [0.717, 1.165) is 18.5 Å². The molecular formula is C9H6ClIOS. The summed E-state index contributed by atoms with van der Waals surface area (Å²) in [5.41, 5.74) is 0. The van der Waals surface area contributed by atoms with Crippen molar-refractivity contribution in [1.82, 2.24) is 0 Å². The fourth-order valence-electron chi connectivity index (χ4n) is 1.21. The van der Waals surface area contributed by atoms with Gasteiger partial charge in [0, 0.05) is 8.96 Å². The van der Waals surface area contributed by atoms with Crippen molar-refractivity contribution in [3.8, 4) is 5.75 Å². The molecule has 0 bridgehead atoms. The van der Waals surface area contributed by atoms with Gasteiger partial charge in [-0.3, -0.25) is 0 Å². The van der Waals surface area contributed by atoms with Gasteiger partial charge in [-0.1, -0.05) is 6.07 Å². The van der Waals surface area contributed by atoms with Crippen molar-refractivity contribution >= 4 is 55.6 Å². The van der Waals surface area contributed by atoms with Crippen molar-refractivity contribution in [2.24, 2.45) is 0 Å². The van der Waals surface area contributed by atoms with Crippen LogP contribution >= 0.6 is 45.5 Å². The highest BCUT2D eigenvalue weighted by Gasteiger charge is 2.11. The Hall–Kier alpha value is -0.000000000000000111. The first-order chi connectivity index (χ1) is 6.24. The van der Waals surface area contributed by atoms with Gasteiger partial charge in [-0.15, -0.1) is 22.9 Å². The number of aromatic hydroxyl groups is 1. The Morgan fingerprint density at radius 3 is 2.85 bits per heavy atom. The number of benzene rings is 1. The molecule has 68 valence electrons. The fraction of sp³-hybridized carbons (Fsp3) is 0.111. The lowest BCUT2D eigenvalue weighted by molar-refractivity contribution is 0.479. The second kappa shape index (κ2) is 3.63. The Labute approximate surface area is 98.5 Å². The molecule has 0 unspecified atom stereocenters. The van der Waals surface area contributed by atoms with Crippen LogP contribution in [0.25, 0.3) is 10.1 Å². The molecule has 0 aliphatic rings. The van der Waals surface area contributed by atoms with E-state index in [1.54, 1.807) is 11.3 Å². The molecule has 0 atom stereocenters. The molecule has 2 aromatic rings. The Morgan fingerprint density at radius 2 is 2.23 bits per heavy atom. The van der Waals surface area contributed by atoms with Crippen molar-refractivity contribution in [3.63, 3.8) is 0 Å². The van der Waals surface area contributed by atoms with Crippen molar-refractivity contribution < 1.29 is 5.11 Å². The zero-order valence-electron chi connectivity index (χ0n) is 6.55. The predicted molar refractivity (Wildman–Crippen MR) is 65.8 cm³/mol. The summed E-state index contributed by atoms with van der Waals surface area (Å²) in [6.45, 7) is 0. The maximum atomic E-state index is 9.74. The fourth-order valence-corrected chi connectivity index (χ4v) is 3.28. The van der Waals surface area contributed by atoms with Crippen LogP contribution in [0, 0.1) is 3.57 Å². The van der Waals surface area contributed by atoms with E-state index in [0.29, 0.717) is 11.6 Å². The average Bonchev–Trinajstić information content (AvgIpc) is 2.45. The number of thiophene rings is 1. The summed E-state index contributed by atoms with van der Waals surface area (Å²) in [6.07, 6.45) is 0. The monoisotopic (exact) mass is 324 g/mol. The van der Waals surface area contributed by atoms with Crippen molar-refractivity contribution in [2.45, 2.75) is 5.88 Å². The van der Waals surface area contributed by atoms with Crippen LogP contribution in [-0.2, 0) is 5.88 Å². The molecule has 1 heterocycles. The molecule has 0 aliphatic carbocycles. The lowest BCUT2D eigenvalue weighted by Crippen LogP contribution is -1.69. The van der Waals surface area contributed by atoms with Gasteiger partial charge >= 0.3 is 0 Å². The minimum Gasteiger partial charge on any atom is -0.506 e. The highest BCUT2D eigenvalue weighted by Crippen LogP contribution is 2.39. The smallest absolute Gasteiger partial charge is 0.138 e. The van der Waals surface area contributed by atoms with Crippen LogP contribution in [0.15, 0.2) is 18.2 Å². The zero-order chi connectivity index (χ0) is 9.42. The molecule has 1 aromatic heterocycles. The maximum Gasteiger partial charge on any atom is 0.138 e. The number of hydrogen-bond donors (Lipinski definition) is 1. The maximum absolute atomic E-state index is 9.74. The summed E-state index contributed by atoms with van der Waals surface area (Å²) in [6, 6.07) is 5.88. The number of alkyl halides is 1. The van der Waals surface area contributed by atoms with Gasteiger partial charge < -0.3 is 5.11 Å². The number of halogens is 2. The lowest BCUT2D eigenvalue weighted by Gasteiger charge is -1.92. The van der Waals surface area contributed by atoms with Crippen LogP contribution in [0.3, 0.4) is 0 Å². The molecule has 0 fully saturated rings. The van der Waals surface area contributed by atoms with Crippen molar-refractivity contribution in [3.05, 3.63) is 26.6 Å². The third kappa shape index (κ3) is 1.53. The van der Waals surface area contributed by atoms with E-state index >= 15 is 0 Å². The molecule has 1 aromatic carbocycles. The molecule has 0 amide bonds. The van der Waals surface area contributed by atoms with Crippen molar-refractivity contribution in [2.75, 3.05) is 0 Å². The van der Waals surface area contributed by atoms with E-state index in [4.69, 9.17) is 11.6 Å². The van der Waals surface area contributed by atoms with Gasteiger partial charge in [0.1, 0.15) is 5.75 Å². The van der Waals surface area contributed by atoms with Crippen molar-refractivity contribution in [1.29, 1.82) is 0 Å². The summed E-state index contributed by atoms with van der Waals surface area (Å²) in [7, 11) is 0. The summed E-state index contributed by atoms with van der Waals surface area (Å²) in [5.74, 6) is 0.717. The first kappa shape index (κ1) is 9.55. The third-order valence-corrected chi connectivity index (χ3v) is 4.75. The van der Waals surface area contributed by atoms with Crippen LogP contribution in [0.5, 0.6) is 5.75 Å². The van der Waals surface area contributed by atoms with E-state index in [1.807, 2.05) is 18.2 Å². The lowest BCUT2D eigenvalue weighted by atomic mass is 10.2. The van der Waals surface area contributed by atoms with Gasteiger partial charge in [0.05, 0.1) is 15.5 Å². The predicted octanol–water partition coefficient (Wildman–Crippen LogP) is 3.95. The Balaban J connectivity index is 2.83. The summed E-state index contributed by atoms with van der Waals surface area (Å²) in [5, 5.41) is 10.6. The molecule has 0 radical (unpaired) electrons. The SMILES string of the molecule is Oc1c(CCl)sc2c(I)cccc12. The van der Waals surface area contributed by atoms with E-state index in [1.165, 1.54) is 0 Å².